The van der Waals surface area contributed by atoms with Crippen LogP contribution in [0.5, 0.6) is 0 Å². The first-order chi connectivity index (χ1) is 9.60. The van der Waals surface area contributed by atoms with Crippen LogP contribution in [0.1, 0.15) is 52.5 Å². The maximum atomic E-state index is 12.3. The first kappa shape index (κ1) is 16.0. The fourth-order valence-electron chi connectivity index (χ4n) is 2.49. The molecule has 0 amide bonds. The summed E-state index contributed by atoms with van der Waals surface area (Å²) in [5, 5.41) is 3.26. The van der Waals surface area contributed by atoms with Gasteiger partial charge in [0.05, 0.1) is 11.2 Å². The maximum Gasteiger partial charge on any atom is 0.257 e. The van der Waals surface area contributed by atoms with Crippen LogP contribution in [-0.2, 0) is 4.43 Å². The van der Waals surface area contributed by atoms with Crippen molar-refractivity contribution in [3.63, 3.8) is 0 Å². The maximum absolute atomic E-state index is 12.3. The van der Waals surface area contributed by atoms with E-state index in [9.17, 15) is 4.79 Å². The molecule has 0 saturated heterocycles. The van der Waals surface area contributed by atoms with Gasteiger partial charge in [0.15, 0.2) is 0 Å². The van der Waals surface area contributed by atoms with Crippen molar-refractivity contribution in [2.75, 3.05) is 17.6 Å². The highest BCUT2D eigenvalue weighted by Gasteiger charge is 2.38. The number of aromatic amines is 1. The van der Waals surface area contributed by atoms with Crippen LogP contribution in [0.3, 0.4) is 0 Å². The number of nitrogens with zero attached hydrogens (tertiary/aromatic N) is 1. The Morgan fingerprint density at radius 2 is 2.00 bits per heavy atom. The molecule has 1 atom stereocenters. The predicted molar refractivity (Wildman–Crippen MR) is 85.8 cm³/mol. The Kier molecular flexibility index (Phi) is 4.16. The van der Waals surface area contributed by atoms with E-state index in [0.29, 0.717) is 21.1 Å². The fourth-order valence-corrected chi connectivity index (χ4v) is 3.20. The van der Waals surface area contributed by atoms with E-state index >= 15 is 0 Å². The van der Waals surface area contributed by atoms with E-state index in [2.05, 4.69) is 36.1 Å². The molecule has 0 saturated carbocycles. The minimum atomic E-state index is -0.423. The number of nitrogen functional groups attached to an aromatic ring is 1. The summed E-state index contributed by atoms with van der Waals surface area (Å²) in [6.45, 7) is 11.3. The summed E-state index contributed by atoms with van der Waals surface area (Å²) in [4.78, 5) is 19.1. The monoisotopic (exact) mass is 308 g/mol. The van der Waals surface area contributed by atoms with Gasteiger partial charge in [-0.2, -0.15) is 4.98 Å². The summed E-state index contributed by atoms with van der Waals surface area (Å²) in [5.74, 6) is 0.728. The zero-order valence-corrected chi connectivity index (χ0v) is 14.3. The molecule has 0 fully saturated rings. The zero-order chi connectivity index (χ0) is 15.8. The number of rotatable bonds is 3. The molecule has 1 unspecified atom stereocenters. The number of nitrogens with two attached hydrogens (primary N) is 1. The molecule has 21 heavy (non-hydrogen) atoms. The Labute approximate surface area is 127 Å². The second-order valence-corrected chi connectivity index (χ2v) is 8.95. The van der Waals surface area contributed by atoms with E-state index in [1.165, 1.54) is 0 Å². The molecular formula is C14H24N4O2Si. The highest BCUT2D eigenvalue weighted by Crippen LogP contribution is 2.39. The lowest BCUT2D eigenvalue weighted by Crippen LogP contribution is -2.42. The molecule has 0 aliphatic carbocycles. The Hall–Kier alpha value is -1.34. The minimum Gasteiger partial charge on any atom is -0.411 e. The average Bonchev–Trinajstić information content (AvgIpc) is 2.34. The topological polar surface area (TPSA) is 93.0 Å². The third-order valence-corrected chi connectivity index (χ3v) is 4.75. The summed E-state index contributed by atoms with van der Waals surface area (Å²) in [5.41, 5.74) is 5.67. The van der Waals surface area contributed by atoms with E-state index in [1.807, 2.05) is 13.8 Å². The van der Waals surface area contributed by atoms with Gasteiger partial charge in [0.25, 0.3) is 5.56 Å². The highest BCUT2D eigenvalue weighted by molar-refractivity contribution is 6.31. The van der Waals surface area contributed by atoms with Gasteiger partial charge in [-0.1, -0.05) is 20.8 Å². The SMILES string of the molecule is CC(C)(C)[Si]OC(C)(C)C1CCNc2nc(N)[nH]c(=O)c21. The van der Waals surface area contributed by atoms with Crippen molar-refractivity contribution < 1.29 is 4.43 Å². The van der Waals surface area contributed by atoms with E-state index in [4.69, 9.17) is 10.2 Å². The van der Waals surface area contributed by atoms with Crippen molar-refractivity contribution >= 4 is 21.5 Å². The smallest absolute Gasteiger partial charge is 0.257 e. The molecule has 2 heterocycles. The first-order valence-electron chi connectivity index (χ1n) is 7.19. The van der Waals surface area contributed by atoms with E-state index < -0.39 is 5.60 Å². The van der Waals surface area contributed by atoms with Crippen molar-refractivity contribution in [2.45, 2.75) is 57.6 Å². The van der Waals surface area contributed by atoms with Crippen LogP contribution in [0.15, 0.2) is 4.79 Å². The van der Waals surface area contributed by atoms with E-state index in [0.717, 1.165) is 13.0 Å². The highest BCUT2D eigenvalue weighted by atomic mass is 28.2. The van der Waals surface area contributed by atoms with Gasteiger partial charge in [0, 0.05) is 12.5 Å². The number of hydrogen-bond donors (Lipinski definition) is 3. The molecule has 2 radical (unpaired) electrons. The lowest BCUT2D eigenvalue weighted by atomic mass is 9.81. The summed E-state index contributed by atoms with van der Waals surface area (Å²) >= 11 is 0. The van der Waals surface area contributed by atoms with Crippen molar-refractivity contribution in [3.8, 4) is 0 Å². The van der Waals surface area contributed by atoms with Gasteiger partial charge in [-0.05, 0) is 25.3 Å². The Morgan fingerprint density at radius 1 is 1.33 bits per heavy atom. The van der Waals surface area contributed by atoms with Crippen molar-refractivity contribution in [1.82, 2.24) is 9.97 Å². The molecule has 2 rings (SSSR count). The van der Waals surface area contributed by atoms with Gasteiger partial charge in [0.2, 0.25) is 15.7 Å². The number of hydrogen-bond acceptors (Lipinski definition) is 5. The minimum absolute atomic E-state index is 0.000417. The second kappa shape index (κ2) is 5.45. The molecule has 1 aliphatic rings. The van der Waals surface area contributed by atoms with Crippen LogP contribution < -0.4 is 16.6 Å². The van der Waals surface area contributed by atoms with Crippen LogP contribution in [0, 0.1) is 0 Å². The van der Waals surface area contributed by atoms with Crippen LogP contribution in [0.25, 0.3) is 0 Å². The molecule has 0 aromatic carbocycles. The molecular weight excluding hydrogens is 284 g/mol. The Morgan fingerprint density at radius 3 is 2.62 bits per heavy atom. The summed E-state index contributed by atoms with van der Waals surface area (Å²) in [7, 11) is 0.371. The molecule has 1 aliphatic heterocycles. The quantitative estimate of drug-likeness (QED) is 0.741. The largest absolute Gasteiger partial charge is 0.411 e. The Bertz CT molecular complexity index is 577. The van der Waals surface area contributed by atoms with Gasteiger partial charge < -0.3 is 15.5 Å². The fraction of sp³-hybridized carbons (Fsp3) is 0.714. The van der Waals surface area contributed by atoms with Gasteiger partial charge >= 0.3 is 0 Å². The number of nitrogens with one attached hydrogen (secondary N) is 2. The van der Waals surface area contributed by atoms with E-state index in [1.54, 1.807) is 0 Å². The van der Waals surface area contributed by atoms with Crippen LogP contribution in [-0.4, -0.2) is 31.9 Å². The predicted octanol–water partition coefficient (Wildman–Crippen LogP) is 1.88. The molecule has 1 aromatic heterocycles. The van der Waals surface area contributed by atoms with Crippen LogP contribution in [0.2, 0.25) is 5.04 Å². The van der Waals surface area contributed by atoms with Gasteiger partial charge in [0.1, 0.15) is 5.82 Å². The number of H-pyrrole nitrogens is 1. The average molecular weight is 308 g/mol. The molecule has 0 spiro atoms. The normalized spacial score (nSPS) is 19.0. The number of fused-ring (bicyclic) bond motifs is 1. The summed E-state index contributed by atoms with van der Waals surface area (Å²) in [6, 6.07) is 0. The molecule has 1 aromatic rings. The van der Waals surface area contributed by atoms with Crippen molar-refractivity contribution in [3.05, 3.63) is 15.9 Å². The first-order valence-corrected chi connectivity index (χ1v) is 8.10. The number of aromatic nitrogens is 2. The third-order valence-electron chi connectivity index (χ3n) is 3.51. The number of anilines is 2. The summed E-state index contributed by atoms with van der Waals surface area (Å²) in [6.07, 6.45) is 0.837. The third kappa shape index (κ3) is 3.65. The Balaban J connectivity index is 2.33. The van der Waals surface area contributed by atoms with Gasteiger partial charge in [-0.3, -0.25) is 9.78 Å². The van der Waals surface area contributed by atoms with Crippen molar-refractivity contribution in [1.29, 1.82) is 0 Å². The molecule has 0 bridgehead atoms. The van der Waals surface area contributed by atoms with E-state index in [-0.39, 0.29) is 22.5 Å². The molecule has 7 heteroatoms. The lowest BCUT2D eigenvalue weighted by Gasteiger charge is -2.39. The molecule has 116 valence electrons. The van der Waals surface area contributed by atoms with Crippen molar-refractivity contribution in [2.24, 2.45) is 0 Å². The second-order valence-electron chi connectivity index (χ2n) is 7.04. The molecule has 4 N–H and O–H groups in total. The standard InChI is InChI=1S/C14H24N4O2Si/c1-13(2,3)21-20-14(4,5)8-6-7-16-10-9(8)11(19)18-12(15)17-10/h8H,6-7H2,1-5H3,(H4,15,16,17,18,19). The molecule has 6 nitrogen and oxygen atoms in total. The summed E-state index contributed by atoms with van der Waals surface area (Å²) < 4.78 is 6.16. The van der Waals surface area contributed by atoms with Crippen LogP contribution >= 0.6 is 0 Å². The van der Waals surface area contributed by atoms with Crippen LogP contribution in [0.4, 0.5) is 11.8 Å². The lowest BCUT2D eigenvalue weighted by molar-refractivity contribution is 0.0736. The zero-order valence-electron chi connectivity index (χ0n) is 13.3. The van der Waals surface area contributed by atoms with Gasteiger partial charge in [-0.25, -0.2) is 0 Å². The van der Waals surface area contributed by atoms with Gasteiger partial charge in [-0.15, -0.1) is 0 Å².